The van der Waals surface area contributed by atoms with Crippen molar-refractivity contribution in [3.05, 3.63) is 11.6 Å². The standard InChI is InChI=1S/C26H36O4/c1-13(2)15-12-26-10-7-16-24(3,8-6-9-25(16,4)23(28)29-5)17(26)11-14(15)18-19(26)20(27)22-21(18)30-22/h12-14,16-19,21-22H,6-11H2,1-5H3/t14-,16+,17+,18+,19-,21-,22+,24-,25+,26-/m0/s1. The smallest absolute Gasteiger partial charge is 0.311 e. The molecule has 4 heteroatoms. The van der Waals surface area contributed by atoms with Crippen LogP contribution in [0.15, 0.2) is 11.6 Å². The van der Waals surface area contributed by atoms with Crippen molar-refractivity contribution in [2.75, 3.05) is 7.11 Å². The van der Waals surface area contributed by atoms with Crippen LogP contribution in [0.2, 0.25) is 0 Å². The third-order valence-electron chi connectivity index (χ3n) is 10.9. The zero-order chi connectivity index (χ0) is 21.2. The van der Waals surface area contributed by atoms with Gasteiger partial charge in [0.05, 0.1) is 18.6 Å². The summed E-state index contributed by atoms with van der Waals surface area (Å²) in [5.74, 6) is 2.75. The van der Waals surface area contributed by atoms with Gasteiger partial charge in [-0.05, 0) is 68.1 Å². The Morgan fingerprint density at radius 3 is 2.67 bits per heavy atom. The highest BCUT2D eigenvalue weighted by atomic mass is 16.6. The second-order valence-corrected chi connectivity index (χ2v) is 12.1. The molecule has 164 valence electrons. The second kappa shape index (κ2) is 5.79. The molecule has 0 N–H and O–H groups in total. The van der Waals surface area contributed by atoms with Gasteiger partial charge in [0.2, 0.25) is 0 Å². The van der Waals surface area contributed by atoms with Crippen molar-refractivity contribution in [3.8, 4) is 0 Å². The lowest BCUT2D eigenvalue weighted by Gasteiger charge is -2.69. The maximum atomic E-state index is 13.4. The van der Waals surface area contributed by atoms with Crippen LogP contribution < -0.4 is 0 Å². The number of esters is 1. The molecule has 7 aliphatic rings. The number of fused-ring (bicyclic) bond motifs is 2. The van der Waals surface area contributed by atoms with Gasteiger partial charge in [-0.15, -0.1) is 0 Å². The van der Waals surface area contributed by atoms with Crippen molar-refractivity contribution in [3.63, 3.8) is 0 Å². The first-order chi connectivity index (χ1) is 14.2. The molecular weight excluding hydrogens is 376 g/mol. The SMILES string of the molecule is COC(=O)[C@]1(C)CCC[C@]2(C)[C@H]3C[C@H]4C(C(C)C)=C[C@]3(CC[C@H]21)[C@@H]1C(=O)[C@H]2O[C@H]2[C@@H]14. The monoisotopic (exact) mass is 412 g/mol. The van der Waals surface area contributed by atoms with E-state index >= 15 is 0 Å². The fourth-order valence-electron chi connectivity index (χ4n) is 9.83. The van der Waals surface area contributed by atoms with Gasteiger partial charge in [0.1, 0.15) is 6.10 Å². The minimum Gasteiger partial charge on any atom is -0.469 e. The Morgan fingerprint density at radius 1 is 1.20 bits per heavy atom. The number of hydrogen-bond acceptors (Lipinski definition) is 4. The Labute approximate surface area is 180 Å². The zero-order valence-corrected chi connectivity index (χ0v) is 19.1. The minimum atomic E-state index is -0.394. The van der Waals surface area contributed by atoms with E-state index in [1.807, 2.05) is 0 Å². The maximum absolute atomic E-state index is 13.4. The summed E-state index contributed by atoms with van der Waals surface area (Å²) in [5.41, 5.74) is 1.27. The van der Waals surface area contributed by atoms with Crippen LogP contribution in [-0.2, 0) is 19.1 Å². The molecule has 0 aromatic heterocycles. The molecule has 10 atom stereocenters. The first-order valence-corrected chi connectivity index (χ1v) is 12.2. The molecule has 0 radical (unpaired) electrons. The van der Waals surface area contributed by atoms with Crippen LogP contribution in [0, 0.1) is 51.8 Å². The average Bonchev–Trinajstić information content (AvgIpc) is 3.46. The first-order valence-electron chi connectivity index (χ1n) is 12.2. The molecule has 1 heterocycles. The fraction of sp³-hybridized carbons (Fsp3) is 0.846. The van der Waals surface area contributed by atoms with Gasteiger partial charge in [-0.2, -0.15) is 0 Å². The number of epoxide rings is 1. The van der Waals surface area contributed by atoms with Gasteiger partial charge in [-0.1, -0.05) is 38.8 Å². The van der Waals surface area contributed by atoms with Crippen LogP contribution in [0.4, 0.5) is 0 Å². The predicted molar refractivity (Wildman–Crippen MR) is 112 cm³/mol. The van der Waals surface area contributed by atoms with Gasteiger partial charge >= 0.3 is 5.97 Å². The number of ether oxygens (including phenoxy) is 2. The van der Waals surface area contributed by atoms with Crippen molar-refractivity contribution in [2.45, 2.75) is 78.4 Å². The van der Waals surface area contributed by atoms with E-state index in [1.54, 1.807) is 5.57 Å². The molecule has 0 aromatic carbocycles. The van der Waals surface area contributed by atoms with Crippen LogP contribution in [-0.4, -0.2) is 31.1 Å². The van der Waals surface area contributed by atoms with Crippen LogP contribution in [0.25, 0.3) is 0 Å². The summed E-state index contributed by atoms with van der Waals surface area (Å²) in [5, 5.41) is 0. The lowest BCUT2D eigenvalue weighted by atomic mass is 9.34. The van der Waals surface area contributed by atoms with Gasteiger partial charge in [0.25, 0.3) is 0 Å². The second-order valence-electron chi connectivity index (χ2n) is 12.1. The summed E-state index contributed by atoms with van der Waals surface area (Å²) >= 11 is 0. The molecule has 1 spiro atoms. The maximum Gasteiger partial charge on any atom is 0.311 e. The summed E-state index contributed by atoms with van der Waals surface area (Å²) in [7, 11) is 1.54. The zero-order valence-electron chi connectivity index (χ0n) is 19.1. The third kappa shape index (κ3) is 2.04. The summed E-state index contributed by atoms with van der Waals surface area (Å²) in [6, 6.07) is 0. The molecular formula is C26H36O4. The van der Waals surface area contributed by atoms with Crippen LogP contribution in [0.1, 0.15) is 66.2 Å². The number of rotatable bonds is 2. The van der Waals surface area contributed by atoms with Crippen LogP contribution >= 0.6 is 0 Å². The van der Waals surface area contributed by atoms with Crippen molar-refractivity contribution in [1.29, 1.82) is 0 Å². The highest BCUT2D eigenvalue weighted by Crippen LogP contribution is 2.76. The van der Waals surface area contributed by atoms with Gasteiger partial charge < -0.3 is 9.47 Å². The van der Waals surface area contributed by atoms with E-state index < -0.39 is 5.41 Å². The van der Waals surface area contributed by atoms with E-state index in [2.05, 4.69) is 33.8 Å². The molecule has 0 amide bonds. The predicted octanol–water partition coefficient (Wildman–Crippen LogP) is 4.57. The van der Waals surface area contributed by atoms with E-state index in [4.69, 9.17) is 9.47 Å². The Kier molecular flexibility index (Phi) is 3.77. The Hall–Kier alpha value is -1.16. The lowest BCUT2D eigenvalue weighted by Crippen LogP contribution is -2.65. The van der Waals surface area contributed by atoms with E-state index in [0.717, 1.165) is 25.7 Å². The van der Waals surface area contributed by atoms with Crippen LogP contribution in [0.3, 0.4) is 0 Å². The van der Waals surface area contributed by atoms with Gasteiger partial charge in [-0.25, -0.2) is 0 Å². The van der Waals surface area contributed by atoms with E-state index in [-0.39, 0.29) is 34.9 Å². The van der Waals surface area contributed by atoms with Gasteiger partial charge in [0, 0.05) is 17.3 Å². The van der Waals surface area contributed by atoms with E-state index in [1.165, 1.54) is 20.0 Å². The molecule has 1 aliphatic heterocycles. The summed E-state index contributed by atoms with van der Waals surface area (Å²) in [6.07, 6.45) is 9.09. The lowest BCUT2D eigenvalue weighted by molar-refractivity contribution is -0.199. The largest absolute Gasteiger partial charge is 0.469 e. The van der Waals surface area contributed by atoms with Crippen LogP contribution in [0.5, 0.6) is 0 Å². The molecule has 6 aliphatic carbocycles. The molecule has 4 nitrogen and oxygen atoms in total. The average molecular weight is 413 g/mol. The molecule has 0 aromatic rings. The highest BCUT2D eigenvalue weighted by molar-refractivity contribution is 5.93. The molecule has 7 rings (SSSR count). The summed E-state index contributed by atoms with van der Waals surface area (Å²) in [4.78, 5) is 26.3. The van der Waals surface area contributed by atoms with Gasteiger partial charge in [0.15, 0.2) is 5.78 Å². The third-order valence-corrected chi connectivity index (χ3v) is 10.9. The number of ketones is 1. The Morgan fingerprint density at radius 2 is 1.97 bits per heavy atom. The van der Waals surface area contributed by atoms with Gasteiger partial charge in [-0.3, -0.25) is 9.59 Å². The number of Topliss-reactive ketones (excluding diaryl/α,β-unsaturated/α-hetero) is 1. The van der Waals surface area contributed by atoms with E-state index in [0.29, 0.717) is 35.4 Å². The first kappa shape index (κ1) is 19.5. The summed E-state index contributed by atoms with van der Waals surface area (Å²) < 4.78 is 11.2. The number of methoxy groups -OCH3 is 1. The van der Waals surface area contributed by atoms with Crippen molar-refractivity contribution >= 4 is 11.8 Å². The van der Waals surface area contributed by atoms with Crippen molar-refractivity contribution in [1.82, 2.24) is 0 Å². The molecule has 1 saturated heterocycles. The molecule has 30 heavy (non-hydrogen) atoms. The molecule has 5 fully saturated rings. The number of carbonyl (C=O) groups excluding carboxylic acids is 2. The minimum absolute atomic E-state index is 0.0213. The topological polar surface area (TPSA) is 55.9 Å². The number of hydrogen-bond donors (Lipinski definition) is 0. The van der Waals surface area contributed by atoms with Crippen molar-refractivity contribution < 1.29 is 19.1 Å². The fourth-order valence-corrected chi connectivity index (χ4v) is 9.83. The van der Waals surface area contributed by atoms with E-state index in [9.17, 15) is 9.59 Å². The summed E-state index contributed by atoms with van der Waals surface area (Å²) in [6.45, 7) is 9.25. The quantitative estimate of drug-likeness (QED) is 0.379. The highest BCUT2D eigenvalue weighted by Gasteiger charge is 2.76. The van der Waals surface area contributed by atoms with Crippen molar-refractivity contribution in [2.24, 2.45) is 51.8 Å². The molecule has 4 saturated carbocycles. The molecule has 2 bridgehead atoms. The molecule has 0 unspecified atom stereocenters. The number of allylic oxidation sites excluding steroid dienone is 2. The Bertz CT molecular complexity index is 859. The number of carbonyl (C=O) groups is 2. The Balaban J connectivity index is 1.48. The normalized spacial score (nSPS) is 55.3.